The molecular formula is C27H76. The first-order chi connectivity index (χ1) is 13.2. The molecule has 0 radical (unpaired) electrons. The third-order valence-corrected chi connectivity index (χ3v) is 0.500. The first-order valence-corrected chi connectivity index (χ1v) is 13.2. The Bertz CT molecular complexity index is 16.5. The summed E-state index contributed by atoms with van der Waals surface area (Å²) in [7, 11) is 0. The third-order valence-electron chi connectivity index (χ3n) is 0.500. The molecule has 0 heteroatoms. The molecule has 0 saturated carbocycles. The summed E-state index contributed by atoms with van der Waals surface area (Å²) in [5.74, 6) is 0. The van der Waals surface area contributed by atoms with Crippen LogP contribution >= 0.6 is 0 Å². The highest BCUT2D eigenvalue weighted by Gasteiger charge is 1.56. The fourth-order valence-electron chi connectivity index (χ4n) is 0. The van der Waals surface area contributed by atoms with Gasteiger partial charge < -0.3 is 0 Å². The SMILES string of the molecule is CC.CC.CC.CC.CC.CC.CC.CCC.CCC.CCC.CCCC. The van der Waals surface area contributed by atoms with Crippen LogP contribution in [0.5, 0.6) is 0 Å². The average molecular weight is 401 g/mol. The maximum Gasteiger partial charge on any atom is -0.0564 e. The zero-order valence-electron chi connectivity index (χ0n) is 25.5. The Hall–Kier alpha value is 0. The van der Waals surface area contributed by atoms with E-state index in [1.54, 1.807) is 0 Å². The highest BCUT2D eigenvalue weighted by Crippen LogP contribution is 1.76. The van der Waals surface area contributed by atoms with E-state index in [0.717, 1.165) is 0 Å². The molecule has 0 N–H and O–H groups in total. The lowest BCUT2D eigenvalue weighted by Gasteiger charge is -1.68. The van der Waals surface area contributed by atoms with Gasteiger partial charge in [-0.15, -0.1) is 0 Å². The monoisotopic (exact) mass is 401 g/mol. The average Bonchev–Trinajstić information content (AvgIpc) is 2.79. The molecule has 27 heavy (non-hydrogen) atoms. The van der Waals surface area contributed by atoms with E-state index < -0.39 is 0 Å². The summed E-state index contributed by atoms with van der Waals surface area (Å²) in [5.41, 5.74) is 0. The maximum atomic E-state index is 2.18. The normalized spacial score (nSPS) is 4.67. The zero-order valence-corrected chi connectivity index (χ0v) is 25.5. The minimum atomic E-state index is 1.25. The molecule has 0 aromatic heterocycles. The van der Waals surface area contributed by atoms with E-state index in [0.29, 0.717) is 0 Å². The highest BCUT2D eigenvalue weighted by atomic mass is 13.6. The second kappa shape index (κ2) is 650. The molecule has 0 aliphatic heterocycles. The summed E-state index contributed by atoms with van der Waals surface area (Å²) in [6.07, 6.45) is 6.39. The van der Waals surface area contributed by atoms with Crippen molar-refractivity contribution in [2.24, 2.45) is 0 Å². The molecule has 0 fully saturated rings. The fourth-order valence-corrected chi connectivity index (χ4v) is 0. The summed E-state index contributed by atoms with van der Waals surface area (Å²) in [6.45, 7) is 45.1. The molecule has 0 atom stereocenters. The van der Waals surface area contributed by atoms with Crippen LogP contribution in [0.25, 0.3) is 0 Å². The fraction of sp³-hybridized carbons (Fsp3) is 1.00. The van der Waals surface area contributed by atoms with Crippen molar-refractivity contribution in [1.29, 1.82) is 0 Å². The van der Waals surface area contributed by atoms with Crippen LogP contribution in [0.1, 0.15) is 184 Å². The van der Waals surface area contributed by atoms with Gasteiger partial charge in [-0.25, -0.2) is 0 Å². The highest BCUT2D eigenvalue weighted by molar-refractivity contribution is 4.12. The van der Waals surface area contributed by atoms with Gasteiger partial charge in [-0.05, 0) is 0 Å². The first-order valence-electron chi connectivity index (χ1n) is 13.2. The van der Waals surface area contributed by atoms with Gasteiger partial charge in [0.05, 0.1) is 0 Å². The van der Waals surface area contributed by atoms with Crippen LogP contribution in [0.2, 0.25) is 0 Å². The van der Waals surface area contributed by atoms with Gasteiger partial charge in [-0.2, -0.15) is 0 Å². The minimum Gasteiger partial charge on any atom is -0.0683 e. The van der Waals surface area contributed by atoms with E-state index in [1.807, 2.05) is 96.9 Å². The van der Waals surface area contributed by atoms with Crippen LogP contribution in [0.3, 0.4) is 0 Å². The van der Waals surface area contributed by atoms with Crippen molar-refractivity contribution >= 4 is 0 Å². The first kappa shape index (κ1) is 71.3. The summed E-state index contributed by atoms with van der Waals surface area (Å²) in [6, 6.07) is 0. The van der Waals surface area contributed by atoms with Crippen LogP contribution in [-0.4, -0.2) is 0 Å². The van der Waals surface area contributed by atoms with Crippen molar-refractivity contribution in [3.63, 3.8) is 0 Å². The quantitative estimate of drug-likeness (QED) is 0.410. The van der Waals surface area contributed by atoms with Gasteiger partial charge >= 0.3 is 0 Å². The molecule has 0 unspecified atom stereocenters. The summed E-state index contributed by atoms with van der Waals surface area (Å²) in [5, 5.41) is 0. The lowest BCUT2D eigenvalue weighted by Crippen LogP contribution is -1.47. The second-order valence-corrected chi connectivity index (χ2v) is 3.12. The molecule has 0 bridgehead atoms. The van der Waals surface area contributed by atoms with Gasteiger partial charge in [-0.3, -0.25) is 0 Å². The Morgan fingerprint density at radius 2 is 0.259 bits per heavy atom. The van der Waals surface area contributed by atoms with Gasteiger partial charge in [0.2, 0.25) is 0 Å². The molecule has 0 rings (SSSR count). The Labute approximate surface area is 184 Å². The van der Waals surface area contributed by atoms with Gasteiger partial charge in [0.15, 0.2) is 0 Å². The Morgan fingerprint density at radius 3 is 0.259 bits per heavy atom. The van der Waals surface area contributed by atoms with Crippen molar-refractivity contribution in [1.82, 2.24) is 0 Å². The van der Waals surface area contributed by atoms with E-state index in [2.05, 4.69) is 55.4 Å². The minimum absolute atomic E-state index is 1.25. The second-order valence-electron chi connectivity index (χ2n) is 3.12. The molecule has 0 spiro atoms. The van der Waals surface area contributed by atoms with Crippen molar-refractivity contribution in [3.8, 4) is 0 Å². The Morgan fingerprint density at radius 1 is 0.222 bits per heavy atom. The summed E-state index contributed by atoms with van der Waals surface area (Å²) >= 11 is 0. The Kier molecular flexibility index (Phi) is 1720. The lowest BCUT2D eigenvalue weighted by molar-refractivity contribution is 0.886. The van der Waals surface area contributed by atoms with Crippen molar-refractivity contribution in [3.05, 3.63) is 0 Å². The predicted molar refractivity (Wildman–Crippen MR) is 148 cm³/mol. The molecule has 0 nitrogen and oxygen atoms in total. The van der Waals surface area contributed by atoms with Crippen LogP contribution in [0.4, 0.5) is 0 Å². The molecule has 0 saturated heterocycles. The number of rotatable bonds is 1. The van der Waals surface area contributed by atoms with Crippen molar-refractivity contribution in [2.75, 3.05) is 0 Å². The van der Waals surface area contributed by atoms with E-state index in [-0.39, 0.29) is 0 Å². The zero-order chi connectivity index (χ0) is 25.5. The van der Waals surface area contributed by atoms with Crippen LogP contribution in [-0.2, 0) is 0 Å². The molecule has 0 aromatic carbocycles. The lowest BCUT2D eigenvalue weighted by atomic mass is 10.4. The summed E-state index contributed by atoms with van der Waals surface area (Å²) < 4.78 is 0. The molecule has 0 amide bonds. The van der Waals surface area contributed by atoms with Gasteiger partial charge in [0, 0.05) is 0 Å². The predicted octanol–water partition coefficient (Wildman–Crippen LogP) is 13.2. The van der Waals surface area contributed by atoms with E-state index >= 15 is 0 Å². The largest absolute Gasteiger partial charge is 0.0683 e. The van der Waals surface area contributed by atoms with Crippen molar-refractivity contribution in [2.45, 2.75) is 184 Å². The van der Waals surface area contributed by atoms with Gasteiger partial charge in [0.25, 0.3) is 0 Å². The maximum absolute atomic E-state index is 2.18. The standard InChI is InChI=1S/C4H10.3C3H8.7C2H6/c1-3-4-2;3*1-3-2;7*1-2/h3-4H2,1-2H3;3*3H2,1-2H3;7*1-2H3. The van der Waals surface area contributed by atoms with E-state index in [9.17, 15) is 0 Å². The Balaban J connectivity index is -0.0000000117. The number of hydrogen-bond donors (Lipinski definition) is 0. The van der Waals surface area contributed by atoms with Crippen molar-refractivity contribution < 1.29 is 0 Å². The van der Waals surface area contributed by atoms with Crippen LogP contribution in [0, 0.1) is 0 Å². The topological polar surface area (TPSA) is 0 Å². The molecule has 0 aliphatic carbocycles. The van der Waals surface area contributed by atoms with Gasteiger partial charge in [-0.1, -0.05) is 184 Å². The summed E-state index contributed by atoms with van der Waals surface area (Å²) in [4.78, 5) is 0. The molecule has 0 heterocycles. The van der Waals surface area contributed by atoms with Crippen LogP contribution < -0.4 is 0 Å². The van der Waals surface area contributed by atoms with E-state index in [4.69, 9.17) is 0 Å². The molecule has 0 aromatic rings. The number of unbranched alkanes of at least 4 members (excludes halogenated alkanes) is 1. The van der Waals surface area contributed by atoms with Gasteiger partial charge in [0.1, 0.15) is 0 Å². The van der Waals surface area contributed by atoms with E-state index in [1.165, 1.54) is 32.1 Å². The van der Waals surface area contributed by atoms with Crippen LogP contribution in [0.15, 0.2) is 0 Å². The smallest absolute Gasteiger partial charge is 0.0564 e. The molecule has 184 valence electrons. The molecular weight excluding hydrogens is 324 g/mol. The third kappa shape index (κ3) is 15000. The molecule has 0 aliphatic rings. The number of hydrogen-bond acceptors (Lipinski definition) is 0.